The van der Waals surface area contributed by atoms with Gasteiger partial charge < -0.3 is 5.32 Å². The Balaban J connectivity index is 2.28. The molecule has 3 amide bonds. The molecule has 1 aromatic carbocycles. The number of carbonyl (C=O) groups is 3. The third kappa shape index (κ3) is 3.20. The molecule has 0 saturated carbocycles. The minimum atomic E-state index is -0.510. The molecule has 0 aliphatic carbocycles. The summed E-state index contributed by atoms with van der Waals surface area (Å²) in [5.74, 6) is -1.34. The van der Waals surface area contributed by atoms with Crippen LogP contribution in [0.3, 0.4) is 0 Å². The van der Waals surface area contributed by atoms with Crippen LogP contribution >= 0.6 is 11.6 Å². The van der Waals surface area contributed by atoms with Gasteiger partial charge in [0, 0.05) is 10.6 Å². The van der Waals surface area contributed by atoms with Crippen molar-refractivity contribution in [3.05, 3.63) is 52.1 Å². The van der Waals surface area contributed by atoms with E-state index in [2.05, 4.69) is 10.6 Å². The molecule has 5 nitrogen and oxygen atoms in total. The van der Waals surface area contributed by atoms with Crippen LogP contribution in [0.5, 0.6) is 0 Å². The fourth-order valence-corrected chi connectivity index (χ4v) is 1.92. The molecule has 0 unspecified atom stereocenters. The van der Waals surface area contributed by atoms with E-state index >= 15 is 0 Å². The van der Waals surface area contributed by atoms with Gasteiger partial charge in [-0.1, -0.05) is 23.7 Å². The third-order valence-electron chi connectivity index (χ3n) is 2.93. The van der Waals surface area contributed by atoms with E-state index in [1.807, 2.05) is 0 Å². The molecule has 2 N–H and O–H groups in total. The van der Waals surface area contributed by atoms with Crippen LogP contribution in [0.15, 0.2) is 41.0 Å². The zero-order valence-electron chi connectivity index (χ0n) is 11.5. The lowest BCUT2D eigenvalue weighted by molar-refractivity contribution is -0.112. The van der Waals surface area contributed by atoms with Crippen molar-refractivity contribution in [2.24, 2.45) is 0 Å². The van der Waals surface area contributed by atoms with Gasteiger partial charge in [-0.15, -0.1) is 0 Å². The quantitative estimate of drug-likeness (QED) is 0.512. The van der Waals surface area contributed by atoms with E-state index in [9.17, 15) is 14.4 Å². The van der Waals surface area contributed by atoms with Gasteiger partial charge in [-0.3, -0.25) is 19.7 Å². The van der Waals surface area contributed by atoms with E-state index in [4.69, 9.17) is 11.6 Å². The maximum absolute atomic E-state index is 12.0. The molecule has 1 heterocycles. The number of hydrogen-bond acceptors (Lipinski definition) is 3. The Morgan fingerprint density at radius 2 is 1.90 bits per heavy atom. The molecule has 21 heavy (non-hydrogen) atoms. The zero-order valence-corrected chi connectivity index (χ0v) is 12.2. The summed E-state index contributed by atoms with van der Waals surface area (Å²) in [5.41, 5.74) is 1.18. The Labute approximate surface area is 126 Å². The molecule has 1 aliphatic rings. The summed E-state index contributed by atoms with van der Waals surface area (Å²) in [7, 11) is 0. The van der Waals surface area contributed by atoms with Crippen LogP contribution in [0.1, 0.15) is 34.6 Å². The maximum atomic E-state index is 12.0. The summed E-state index contributed by atoms with van der Waals surface area (Å²) in [6.45, 7) is 3.32. The number of fused-ring (bicyclic) bond motifs is 1. The van der Waals surface area contributed by atoms with Crippen molar-refractivity contribution in [3.63, 3.8) is 0 Å². The first-order valence-electron chi connectivity index (χ1n) is 6.21. The number of imide groups is 1. The zero-order chi connectivity index (χ0) is 15.6. The molecular weight excluding hydrogens is 292 g/mol. The van der Waals surface area contributed by atoms with E-state index in [-0.39, 0.29) is 17.0 Å². The van der Waals surface area contributed by atoms with E-state index < -0.39 is 11.8 Å². The first-order valence-corrected chi connectivity index (χ1v) is 6.58. The predicted octanol–water partition coefficient (Wildman–Crippen LogP) is 2.60. The van der Waals surface area contributed by atoms with E-state index in [1.54, 1.807) is 38.1 Å². The van der Waals surface area contributed by atoms with Crippen LogP contribution in [0.4, 0.5) is 5.69 Å². The minimum Gasteiger partial charge on any atom is -0.321 e. The topological polar surface area (TPSA) is 75.3 Å². The number of halogens is 1. The molecule has 1 aromatic rings. The van der Waals surface area contributed by atoms with Crippen LogP contribution in [0.2, 0.25) is 0 Å². The molecule has 0 bridgehead atoms. The van der Waals surface area contributed by atoms with E-state index in [0.29, 0.717) is 16.3 Å². The van der Waals surface area contributed by atoms with E-state index in [0.717, 1.165) is 0 Å². The molecule has 0 aromatic heterocycles. The summed E-state index contributed by atoms with van der Waals surface area (Å²) >= 11 is 5.69. The second-order valence-corrected chi connectivity index (χ2v) is 5.16. The molecular formula is C15H13ClN2O3. The van der Waals surface area contributed by atoms with Crippen molar-refractivity contribution in [1.82, 2.24) is 5.32 Å². The standard InChI is InChI=1S/C15H13ClN2O3/c1-8(6-7-9(2)16)13(19)17-11-5-3-4-10-12(11)15(21)18-14(10)20/h3-7H,1-2H3,(H,17,19)(H,18,20,21)/b8-6+,9-7+. The molecule has 0 atom stereocenters. The molecule has 0 spiro atoms. The van der Waals surface area contributed by atoms with Crippen molar-refractivity contribution >= 4 is 35.0 Å². The monoisotopic (exact) mass is 304 g/mol. The average molecular weight is 305 g/mol. The van der Waals surface area contributed by atoms with Gasteiger partial charge >= 0.3 is 0 Å². The number of amides is 3. The van der Waals surface area contributed by atoms with Gasteiger partial charge in [-0.05, 0) is 32.1 Å². The van der Waals surface area contributed by atoms with E-state index in [1.165, 1.54) is 6.07 Å². The fraction of sp³-hybridized carbons (Fsp3) is 0.133. The number of carbonyl (C=O) groups excluding carboxylic acids is 3. The average Bonchev–Trinajstić information content (AvgIpc) is 2.72. The van der Waals surface area contributed by atoms with Crippen molar-refractivity contribution in [3.8, 4) is 0 Å². The second-order valence-electron chi connectivity index (χ2n) is 4.57. The van der Waals surface area contributed by atoms with Crippen LogP contribution < -0.4 is 10.6 Å². The van der Waals surface area contributed by atoms with Gasteiger partial charge in [0.2, 0.25) is 0 Å². The lowest BCUT2D eigenvalue weighted by atomic mass is 10.1. The molecule has 6 heteroatoms. The van der Waals surface area contributed by atoms with Crippen molar-refractivity contribution in [2.45, 2.75) is 13.8 Å². The lowest BCUT2D eigenvalue weighted by Gasteiger charge is -2.08. The third-order valence-corrected chi connectivity index (χ3v) is 3.06. The molecule has 0 saturated heterocycles. The summed E-state index contributed by atoms with van der Waals surface area (Å²) in [5, 5.41) is 5.37. The molecule has 0 fully saturated rings. The SMILES string of the molecule is C/C(Cl)=C\C=C(/C)C(=O)Nc1cccc2c1C(=O)NC2=O. The lowest BCUT2D eigenvalue weighted by Crippen LogP contribution is -2.21. The highest BCUT2D eigenvalue weighted by molar-refractivity contribution is 6.29. The molecule has 0 radical (unpaired) electrons. The van der Waals surface area contributed by atoms with Crippen LogP contribution in [-0.4, -0.2) is 17.7 Å². The normalized spacial score (nSPS) is 14.8. The molecule has 108 valence electrons. The predicted molar refractivity (Wildman–Crippen MR) is 80.2 cm³/mol. The van der Waals surface area contributed by atoms with Gasteiger partial charge in [0.25, 0.3) is 17.7 Å². The van der Waals surface area contributed by atoms with Gasteiger partial charge in [-0.25, -0.2) is 0 Å². The number of anilines is 1. The maximum Gasteiger partial charge on any atom is 0.261 e. The van der Waals surface area contributed by atoms with Crippen LogP contribution in [0.25, 0.3) is 0 Å². The summed E-state index contributed by atoms with van der Waals surface area (Å²) < 4.78 is 0. The van der Waals surface area contributed by atoms with Gasteiger partial charge in [0.15, 0.2) is 0 Å². The van der Waals surface area contributed by atoms with Crippen LogP contribution in [0, 0.1) is 0 Å². The highest BCUT2D eigenvalue weighted by Crippen LogP contribution is 2.24. The number of hydrogen-bond donors (Lipinski definition) is 2. The Morgan fingerprint density at radius 3 is 2.57 bits per heavy atom. The summed E-state index contributed by atoms with van der Waals surface area (Å²) in [4.78, 5) is 35.3. The first kappa shape index (κ1) is 15.0. The second kappa shape index (κ2) is 5.93. The highest BCUT2D eigenvalue weighted by atomic mass is 35.5. The minimum absolute atomic E-state index is 0.188. The number of benzene rings is 1. The van der Waals surface area contributed by atoms with Gasteiger partial charge in [0.1, 0.15) is 0 Å². The molecule has 2 rings (SSSR count). The van der Waals surface area contributed by atoms with Crippen molar-refractivity contribution in [1.29, 1.82) is 0 Å². The van der Waals surface area contributed by atoms with Crippen molar-refractivity contribution < 1.29 is 14.4 Å². The van der Waals surface area contributed by atoms with Gasteiger partial charge in [0.05, 0.1) is 16.8 Å². The Morgan fingerprint density at radius 1 is 1.19 bits per heavy atom. The number of allylic oxidation sites excluding steroid dienone is 3. The largest absolute Gasteiger partial charge is 0.321 e. The van der Waals surface area contributed by atoms with Crippen molar-refractivity contribution in [2.75, 3.05) is 5.32 Å². The smallest absolute Gasteiger partial charge is 0.261 e. The fourth-order valence-electron chi connectivity index (χ4n) is 1.86. The number of rotatable bonds is 3. The Kier molecular flexibility index (Phi) is 4.23. The number of nitrogens with one attached hydrogen (secondary N) is 2. The van der Waals surface area contributed by atoms with Gasteiger partial charge in [-0.2, -0.15) is 0 Å². The Hall–Kier alpha value is -2.40. The summed E-state index contributed by atoms with van der Waals surface area (Å²) in [6, 6.07) is 4.72. The Bertz CT molecular complexity index is 701. The first-order chi connectivity index (χ1) is 9.90. The van der Waals surface area contributed by atoms with Crippen LogP contribution in [-0.2, 0) is 4.79 Å². The molecule has 1 aliphatic heterocycles. The summed E-state index contributed by atoms with van der Waals surface area (Å²) in [6.07, 6.45) is 3.17. The highest BCUT2D eigenvalue weighted by Gasteiger charge is 2.29.